The molecule has 0 aliphatic carbocycles. The molecule has 0 bridgehead atoms. The van der Waals surface area contributed by atoms with Crippen LogP contribution in [0, 0.1) is 5.92 Å². The van der Waals surface area contributed by atoms with E-state index in [1.807, 2.05) is 0 Å². The molecule has 1 atom stereocenters. The number of benzene rings is 1. The van der Waals surface area contributed by atoms with E-state index < -0.39 is 5.97 Å². The summed E-state index contributed by atoms with van der Waals surface area (Å²) in [6.45, 7) is 1.95. The Balaban J connectivity index is 2.66. The number of anilines is 1. The highest BCUT2D eigenvalue weighted by atomic mass is 16.5. The van der Waals surface area contributed by atoms with Crippen LogP contribution in [-0.4, -0.2) is 31.4 Å². The number of methoxy groups -OCH3 is 1. The SMILES string of the molecule is COc1ccc(C(=O)OCC(C)CO)cc1N. The number of carbonyl (C=O) groups is 1. The number of nitrogen functional groups attached to an aromatic ring is 1. The largest absolute Gasteiger partial charge is 0.495 e. The molecule has 1 aromatic rings. The summed E-state index contributed by atoms with van der Waals surface area (Å²) in [5.74, 6) is -0.0144. The number of hydrogen-bond acceptors (Lipinski definition) is 5. The number of aliphatic hydroxyl groups excluding tert-OH is 1. The van der Waals surface area contributed by atoms with E-state index in [1.165, 1.54) is 13.2 Å². The van der Waals surface area contributed by atoms with Crippen molar-refractivity contribution >= 4 is 11.7 Å². The van der Waals surface area contributed by atoms with E-state index >= 15 is 0 Å². The first-order valence-corrected chi connectivity index (χ1v) is 5.30. The molecule has 0 aliphatic rings. The van der Waals surface area contributed by atoms with Gasteiger partial charge in [0.05, 0.1) is 25.0 Å². The van der Waals surface area contributed by atoms with Crippen LogP contribution in [0.15, 0.2) is 18.2 Å². The number of carbonyl (C=O) groups excluding carboxylic acids is 1. The van der Waals surface area contributed by atoms with E-state index in [-0.39, 0.29) is 19.1 Å². The maximum atomic E-state index is 11.6. The van der Waals surface area contributed by atoms with Crippen molar-refractivity contribution in [1.82, 2.24) is 0 Å². The maximum absolute atomic E-state index is 11.6. The molecule has 0 aliphatic heterocycles. The van der Waals surface area contributed by atoms with Crippen molar-refractivity contribution in [2.24, 2.45) is 5.92 Å². The second-order valence-electron chi connectivity index (χ2n) is 3.84. The zero-order valence-corrected chi connectivity index (χ0v) is 9.97. The molecule has 94 valence electrons. The molecule has 3 N–H and O–H groups in total. The van der Waals surface area contributed by atoms with Gasteiger partial charge in [-0.15, -0.1) is 0 Å². The Hall–Kier alpha value is -1.75. The van der Waals surface area contributed by atoms with E-state index in [4.69, 9.17) is 20.3 Å². The first-order chi connectivity index (χ1) is 8.08. The van der Waals surface area contributed by atoms with Gasteiger partial charge in [0, 0.05) is 12.5 Å². The summed E-state index contributed by atoms with van der Waals surface area (Å²) in [6.07, 6.45) is 0. The van der Waals surface area contributed by atoms with E-state index in [9.17, 15) is 4.79 Å². The number of aliphatic hydroxyl groups is 1. The van der Waals surface area contributed by atoms with Crippen LogP contribution in [0.1, 0.15) is 17.3 Å². The van der Waals surface area contributed by atoms with Crippen molar-refractivity contribution in [2.75, 3.05) is 26.1 Å². The highest BCUT2D eigenvalue weighted by Gasteiger charge is 2.11. The van der Waals surface area contributed by atoms with Gasteiger partial charge in [-0.3, -0.25) is 0 Å². The lowest BCUT2D eigenvalue weighted by atomic mass is 10.2. The topological polar surface area (TPSA) is 81.8 Å². The average Bonchev–Trinajstić information content (AvgIpc) is 2.35. The van der Waals surface area contributed by atoms with Gasteiger partial charge in [-0.2, -0.15) is 0 Å². The average molecular weight is 239 g/mol. The van der Waals surface area contributed by atoms with Crippen molar-refractivity contribution in [3.05, 3.63) is 23.8 Å². The first-order valence-electron chi connectivity index (χ1n) is 5.30. The Labute approximate surface area is 100 Å². The summed E-state index contributed by atoms with van der Waals surface area (Å²) in [4.78, 5) is 11.6. The van der Waals surface area contributed by atoms with Crippen LogP contribution in [0.25, 0.3) is 0 Å². The molecule has 1 unspecified atom stereocenters. The van der Waals surface area contributed by atoms with Gasteiger partial charge in [0.2, 0.25) is 0 Å². The minimum absolute atomic E-state index is 0.0158. The summed E-state index contributed by atoms with van der Waals surface area (Å²) in [6, 6.07) is 4.70. The number of ether oxygens (including phenoxy) is 2. The molecule has 1 aromatic carbocycles. The maximum Gasteiger partial charge on any atom is 0.338 e. The quantitative estimate of drug-likeness (QED) is 0.593. The van der Waals surface area contributed by atoms with Gasteiger partial charge in [0.1, 0.15) is 5.75 Å². The van der Waals surface area contributed by atoms with Crippen molar-refractivity contribution in [3.8, 4) is 5.75 Å². The van der Waals surface area contributed by atoms with E-state index in [1.54, 1.807) is 19.1 Å². The molecule has 5 nitrogen and oxygen atoms in total. The summed E-state index contributed by atoms with van der Waals surface area (Å²) in [5, 5.41) is 8.80. The number of rotatable bonds is 5. The molecule has 0 spiro atoms. The Bertz CT molecular complexity index is 392. The summed E-state index contributed by atoms with van der Waals surface area (Å²) < 4.78 is 10.00. The van der Waals surface area contributed by atoms with Gasteiger partial charge in [-0.25, -0.2) is 4.79 Å². The molecule has 0 amide bonds. The smallest absolute Gasteiger partial charge is 0.338 e. The van der Waals surface area contributed by atoms with Gasteiger partial charge < -0.3 is 20.3 Å². The third kappa shape index (κ3) is 3.64. The Kier molecular flexibility index (Phi) is 4.78. The summed E-state index contributed by atoms with van der Waals surface area (Å²) in [7, 11) is 1.51. The van der Waals surface area contributed by atoms with Gasteiger partial charge in [0.25, 0.3) is 0 Å². The fraction of sp³-hybridized carbons (Fsp3) is 0.417. The number of hydrogen-bond donors (Lipinski definition) is 2. The highest BCUT2D eigenvalue weighted by Crippen LogP contribution is 2.22. The summed E-state index contributed by atoms with van der Waals surface area (Å²) >= 11 is 0. The number of nitrogens with two attached hydrogens (primary N) is 1. The predicted octanol–water partition coefficient (Wildman–Crippen LogP) is 1.06. The molecule has 0 aromatic heterocycles. The molecule has 0 saturated heterocycles. The minimum atomic E-state index is -0.459. The van der Waals surface area contributed by atoms with Crippen molar-refractivity contribution < 1.29 is 19.4 Å². The van der Waals surface area contributed by atoms with Crippen LogP contribution < -0.4 is 10.5 Å². The molecule has 1 rings (SSSR count). The zero-order chi connectivity index (χ0) is 12.8. The Morgan fingerprint density at radius 1 is 1.53 bits per heavy atom. The van der Waals surface area contributed by atoms with Crippen LogP contribution in [0.5, 0.6) is 5.75 Å². The highest BCUT2D eigenvalue weighted by molar-refractivity contribution is 5.91. The summed E-state index contributed by atoms with van der Waals surface area (Å²) in [5.41, 5.74) is 6.43. The fourth-order valence-corrected chi connectivity index (χ4v) is 1.22. The lowest BCUT2D eigenvalue weighted by molar-refractivity contribution is 0.0405. The lowest BCUT2D eigenvalue weighted by Gasteiger charge is -2.10. The van der Waals surface area contributed by atoms with Gasteiger partial charge in [-0.1, -0.05) is 6.92 Å². The monoisotopic (exact) mass is 239 g/mol. The van der Waals surface area contributed by atoms with Crippen LogP contribution in [0.2, 0.25) is 0 Å². The second kappa shape index (κ2) is 6.10. The van der Waals surface area contributed by atoms with Gasteiger partial charge in [0.15, 0.2) is 0 Å². The van der Waals surface area contributed by atoms with E-state index in [0.717, 1.165) is 0 Å². The third-order valence-corrected chi connectivity index (χ3v) is 2.28. The molecule has 5 heteroatoms. The van der Waals surface area contributed by atoms with Crippen LogP contribution in [0.4, 0.5) is 5.69 Å². The van der Waals surface area contributed by atoms with E-state index in [2.05, 4.69) is 0 Å². The predicted molar refractivity (Wildman–Crippen MR) is 63.9 cm³/mol. The second-order valence-corrected chi connectivity index (χ2v) is 3.84. The molecule has 0 radical (unpaired) electrons. The van der Waals surface area contributed by atoms with E-state index in [0.29, 0.717) is 17.0 Å². The molecule has 0 heterocycles. The fourth-order valence-electron chi connectivity index (χ4n) is 1.22. The van der Waals surface area contributed by atoms with Crippen molar-refractivity contribution in [1.29, 1.82) is 0 Å². The molecular weight excluding hydrogens is 222 g/mol. The van der Waals surface area contributed by atoms with Crippen molar-refractivity contribution in [2.45, 2.75) is 6.92 Å². The normalized spacial score (nSPS) is 11.9. The molecule has 17 heavy (non-hydrogen) atoms. The standard InChI is InChI=1S/C12H17NO4/c1-8(6-14)7-17-12(15)9-3-4-11(16-2)10(13)5-9/h3-5,8,14H,6-7,13H2,1-2H3. The third-order valence-electron chi connectivity index (χ3n) is 2.28. The molecule has 0 fully saturated rings. The molecular formula is C12H17NO4. The minimum Gasteiger partial charge on any atom is -0.495 e. The van der Waals surface area contributed by atoms with Crippen LogP contribution in [0.3, 0.4) is 0 Å². The van der Waals surface area contributed by atoms with Gasteiger partial charge in [-0.05, 0) is 18.2 Å². The van der Waals surface area contributed by atoms with Crippen LogP contribution in [-0.2, 0) is 4.74 Å². The first kappa shape index (κ1) is 13.3. The zero-order valence-electron chi connectivity index (χ0n) is 9.97. The van der Waals surface area contributed by atoms with Crippen molar-refractivity contribution in [3.63, 3.8) is 0 Å². The molecule has 0 saturated carbocycles. The lowest BCUT2D eigenvalue weighted by Crippen LogP contribution is -2.14. The van der Waals surface area contributed by atoms with Gasteiger partial charge >= 0.3 is 5.97 Å². The Morgan fingerprint density at radius 2 is 2.24 bits per heavy atom. The van der Waals surface area contributed by atoms with Crippen LogP contribution >= 0.6 is 0 Å². The Morgan fingerprint density at radius 3 is 2.76 bits per heavy atom. The number of esters is 1.